The smallest absolute Gasteiger partial charge is 0.402 e. The van der Waals surface area contributed by atoms with E-state index in [1.807, 2.05) is 0 Å². The molecule has 3 N–H and O–H groups in total. The molecule has 0 aliphatic heterocycles. The first kappa shape index (κ1) is 12.1. The number of nitrogens with two attached hydrogens (primary N) is 1. The largest absolute Gasteiger partial charge is 0.465 e. The van der Waals surface area contributed by atoms with E-state index in [2.05, 4.69) is 17.3 Å². The second-order valence-electron chi connectivity index (χ2n) is 1.48. The summed E-state index contributed by atoms with van der Waals surface area (Å²) in [7, 11) is 0. The number of hydrogen-bond acceptors (Lipinski definition) is 3. The number of rotatable bonds is 1. The summed E-state index contributed by atoms with van der Waals surface area (Å²) in [4.78, 5) is 21.4. The van der Waals surface area contributed by atoms with Gasteiger partial charge in [-0.2, -0.15) is 0 Å². The number of carbonyl (C=O) groups is 2. The Hall–Kier alpha value is -1.59. The van der Waals surface area contributed by atoms with E-state index < -0.39 is 12.1 Å². The molecule has 6 heteroatoms. The van der Waals surface area contributed by atoms with Gasteiger partial charge in [0.25, 0.3) is 0 Å². The molecule has 0 radical (unpaired) electrons. The third kappa shape index (κ3) is 17.8. The average molecular weight is 165 g/mol. The summed E-state index contributed by atoms with van der Waals surface area (Å²) >= 11 is 0. The minimum absolute atomic E-state index is 0.0579. The molecule has 64 valence electrons. The van der Waals surface area contributed by atoms with Crippen molar-refractivity contribution in [2.24, 2.45) is 5.73 Å². The molecule has 5 nitrogen and oxygen atoms in total. The van der Waals surface area contributed by atoms with Crippen molar-refractivity contribution in [1.29, 1.82) is 0 Å². The Kier molecular flexibility index (Phi) is 7.19. The van der Waals surface area contributed by atoms with Crippen LogP contribution in [0.15, 0.2) is 12.2 Å². The number of halogens is 1. The fraction of sp³-hybridized carbons (Fsp3) is 0.200. The fourth-order valence-corrected chi connectivity index (χ4v) is 0.0659. The van der Waals surface area contributed by atoms with Crippen LogP contribution < -0.4 is 5.73 Å². The maximum Gasteiger partial charge on any atom is 0.402 e. The number of primary amides is 1. The van der Waals surface area contributed by atoms with E-state index in [9.17, 15) is 9.32 Å². The van der Waals surface area contributed by atoms with Gasteiger partial charge in [-0.1, -0.05) is 6.58 Å². The van der Waals surface area contributed by atoms with Crippen molar-refractivity contribution in [3.63, 3.8) is 0 Å². The highest BCUT2D eigenvalue weighted by Crippen LogP contribution is 1.89. The van der Waals surface area contributed by atoms with Gasteiger partial charge in [-0.25, -0.2) is 14.5 Å². The standard InChI is InChI=1S/C4H5FO2.CH3NO2/c1-3(2)4(6)7-5;2-1(3)4/h1H2,2H3;2H2,(H,3,4). The quantitative estimate of drug-likeness (QED) is 0.557. The molecule has 0 rings (SSSR count). The number of carboxylic acid groups (broad SMARTS) is 1. The summed E-state index contributed by atoms with van der Waals surface area (Å²) in [5.74, 6) is -1.01. The Bertz CT molecular complexity index is 164. The van der Waals surface area contributed by atoms with Crippen LogP contribution in [0.2, 0.25) is 0 Å². The summed E-state index contributed by atoms with van der Waals surface area (Å²) in [6, 6.07) is 0. The van der Waals surface area contributed by atoms with Crippen LogP contribution in [0.4, 0.5) is 9.32 Å². The van der Waals surface area contributed by atoms with Crippen LogP contribution in [0.1, 0.15) is 6.92 Å². The summed E-state index contributed by atoms with van der Waals surface area (Å²) in [6.45, 7) is 4.47. The zero-order chi connectivity index (χ0) is 9.44. The SMILES string of the molecule is C=C(C)C(=O)OF.NC(=O)O. The molecule has 11 heavy (non-hydrogen) atoms. The van der Waals surface area contributed by atoms with E-state index in [0.29, 0.717) is 0 Å². The maximum atomic E-state index is 10.7. The van der Waals surface area contributed by atoms with E-state index in [1.54, 1.807) is 0 Å². The molecule has 0 unspecified atom stereocenters. The number of amides is 1. The molecular weight excluding hydrogens is 157 g/mol. The number of hydrogen-bond donors (Lipinski definition) is 2. The highest BCUT2D eigenvalue weighted by atomic mass is 19.3. The molecule has 0 aromatic rings. The Morgan fingerprint density at radius 1 is 1.64 bits per heavy atom. The molecule has 0 heterocycles. The number of carbonyl (C=O) groups excluding carboxylic acids is 1. The Balaban J connectivity index is 0. The van der Waals surface area contributed by atoms with Crippen LogP contribution in [-0.2, 0) is 9.74 Å². The van der Waals surface area contributed by atoms with Gasteiger partial charge in [0.1, 0.15) is 0 Å². The lowest BCUT2D eigenvalue weighted by molar-refractivity contribution is -0.178. The van der Waals surface area contributed by atoms with Crippen LogP contribution in [0.25, 0.3) is 0 Å². The van der Waals surface area contributed by atoms with Gasteiger partial charge in [-0.05, 0) is 6.92 Å². The molecule has 0 aromatic carbocycles. The first-order valence-electron chi connectivity index (χ1n) is 2.38. The molecule has 0 aliphatic carbocycles. The summed E-state index contributed by atoms with van der Waals surface area (Å²) in [5.41, 5.74) is 4.09. The van der Waals surface area contributed by atoms with E-state index in [-0.39, 0.29) is 5.57 Å². The van der Waals surface area contributed by atoms with Crippen LogP contribution in [0, 0.1) is 0 Å². The lowest BCUT2D eigenvalue weighted by atomic mass is 10.4. The third-order valence-electron chi connectivity index (χ3n) is 0.419. The lowest BCUT2D eigenvalue weighted by Gasteiger charge is -1.84. The predicted octanol–water partition coefficient (Wildman–Crippen LogP) is 0.613. The van der Waals surface area contributed by atoms with Gasteiger partial charge < -0.3 is 10.8 Å². The molecule has 0 spiro atoms. The molecule has 0 fully saturated rings. The monoisotopic (exact) mass is 165 g/mol. The van der Waals surface area contributed by atoms with Crippen molar-refractivity contribution in [3.05, 3.63) is 12.2 Å². The van der Waals surface area contributed by atoms with Crippen molar-refractivity contribution in [1.82, 2.24) is 0 Å². The van der Waals surface area contributed by atoms with Gasteiger partial charge in [-0.3, -0.25) is 0 Å². The minimum Gasteiger partial charge on any atom is -0.465 e. The molecule has 0 aliphatic rings. The van der Waals surface area contributed by atoms with Gasteiger partial charge in [0.05, 0.1) is 0 Å². The Morgan fingerprint density at radius 2 is 1.91 bits per heavy atom. The molecule has 1 amide bonds. The van der Waals surface area contributed by atoms with Gasteiger partial charge >= 0.3 is 12.1 Å². The van der Waals surface area contributed by atoms with Gasteiger partial charge in [0, 0.05) is 10.1 Å². The van der Waals surface area contributed by atoms with Crippen molar-refractivity contribution < 1.29 is 24.2 Å². The highest BCUT2D eigenvalue weighted by molar-refractivity contribution is 5.86. The zero-order valence-electron chi connectivity index (χ0n) is 5.83. The van der Waals surface area contributed by atoms with E-state index in [0.717, 1.165) is 0 Å². The topological polar surface area (TPSA) is 89.6 Å². The van der Waals surface area contributed by atoms with Crippen molar-refractivity contribution in [2.75, 3.05) is 0 Å². The average Bonchev–Trinajstić information content (AvgIpc) is 1.85. The fourth-order valence-electron chi connectivity index (χ4n) is 0.0659. The molecule has 0 aromatic heterocycles. The van der Waals surface area contributed by atoms with Crippen molar-refractivity contribution in [3.8, 4) is 0 Å². The highest BCUT2D eigenvalue weighted by Gasteiger charge is 1.99. The van der Waals surface area contributed by atoms with Crippen molar-refractivity contribution in [2.45, 2.75) is 6.92 Å². The van der Waals surface area contributed by atoms with E-state index in [1.165, 1.54) is 6.92 Å². The second-order valence-corrected chi connectivity index (χ2v) is 1.48. The molecule has 0 saturated heterocycles. The summed E-state index contributed by atoms with van der Waals surface area (Å²) < 4.78 is 10.7. The maximum absolute atomic E-state index is 10.7. The zero-order valence-corrected chi connectivity index (χ0v) is 5.83. The van der Waals surface area contributed by atoms with Crippen LogP contribution >= 0.6 is 0 Å². The first-order chi connectivity index (χ1) is 4.91. The van der Waals surface area contributed by atoms with Gasteiger partial charge in [-0.15, -0.1) is 0 Å². The van der Waals surface area contributed by atoms with E-state index in [4.69, 9.17) is 9.90 Å². The van der Waals surface area contributed by atoms with Gasteiger partial charge in [0.2, 0.25) is 0 Å². The van der Waals surface area contributed by atoms with Crippen LogP contribution in [-0.4, -0.2) is 17.2 Å². The Labute approximate surface area is 62.2 Å². The minimum atomic E-state index is -1.33. The van der Waals surface area contributed by atoms with E-state index >= 15 is 0 Å². The summed E-state index contributed by atoms with van der Waals surface area (Å²) in [5, 5.41) is 7.19. The normalized spacial score (nSPS) is 7.09. The lowest BCUT2D eigenvalue weighted by Crippen LogP contribution is -2.03. The predicted molar refractivity (Wildman–Crippen MR) is 34.2 cm³/mol. The molecule has 0 atom stereocenters. The summed E-state index contributed by atoms with van der Waals surface area (Å²) in [6.07, 6.45) is -1.33. The second kappa shape index (κ2) is 6.53. The first-order valence-corrected chi connectivity index (χ1v) is 2.38. The molecular formula is C5H8FNO4. The van der Waals surface area contributed by atoms with Crippen molar-refractivity contribution >= 4 is 12.1 Å². The molecule has 0 bridgehead atoms. The molecule has 0 saturated carbocycles. The third-order valence-corrected chi connectivity index (χ3v) is 0.419. The Morgan fingerprint density at radius 3 is 1.91 bits per heavy atom. The van der Waals surface area contributed by atoms with Gasteiger partial charge in [0.15, 0.2) is 0 Å². The van der Waals surface area contributed by atoms with Crippen LogP contribution in [0.3, 0.4) is 0 Å². The van der Waals surface area contributed by atoms with Crippen LogP contribution in [0.5, 0.6) is 0 Å².